The maximum absolute atomic E-state index is 11.3. The predicted molar refractivity (Wildman–Crippen MR) is 134 cm³/mol. The number of nitrogens with one attached hydrogen (secondary N) is 1. The second kappa shape index (κ2) is 9.07. The average Bonchev–Trinajstić information content (AvgIpc) is 3.28. The van der Waals surface area contributed by atoms with Crippen molar-refractivity contribution in [2.24, 2.45) is 5.92 Å². The summed E-state index contributed by atoms with van der Waals surface area (Å²) in [6.07, 6.45) is 1.54. The maximum atomic E-state index is 11.3. The number of carbonyl (C=O) groups is 1. The molecule has 1 aliphatic carbocycles. The molecule has 0 amide bonds. The molecule has 3 aromatic heterocycles. The second-order valence-corrected chi connectivity index (χ2v) is 9.75. The molecule has 0 bridgehead atoms. The number of aromatic nitrogens is 6. The quantitative estimate of drug-likeness (QED) is 0.230. The number of hydrogen-bond donors (Lipinski definition) is 2. The number of hydrogen-bond acceptors (Lipinski definition) is 7. The third kappa shape index (κ3) is 4.24. The first-order chi connectivity index (χ1) is 17.5. The number of fused-ring (bicyclic) bond motifs is 1. The fraction of sp³-hybridized carbons (Fsp3) is 0.208. The highest BCUT2D eigenvalue weighted by molar-refractivity contribution is 9.10. The highest BCUT2D eigenvalue weighted by atomic mass is 79.9. The highest BCUT2D eigenvalue weighted by Crippen LogP contribution is 2.42. The van der Waals surface area contributed by atoms with Crippen molar-refractivity contribution in [3.05, 3.63) is 63.5 Å². The van der Waals surface area contributed by atoms with E-state index >= 15 is 0 Å². The van der Waals surface area contributed by atoms with Crippen LogP contribution in [0.2, 0.25) is 5.15 Å². The van der Waals surface area contributed by atoms with Gasteiger partial charge >= 0.3 is 6.16 Å². The van der Waals surface area contributed by atoms with Crippen molar-refractivity contribution in [3.63, 3.8) is 0 Å². The topological polar surface area (TPSA) is 132 Å². The Morgan fingerprint density at radius 3 is 2.78 bits per heavy atom. The highest BCUT2D eigenvalue weighted by Gasteiger charge is 2.28. The Labute approximate surface area is 217 Å². The monoisotopic (exact) mass is 568 g/mol. The minimum Gasteiger partial charge on any atom is -0.455 e. The van der Waals surface area contributed by atoms with E-state index in [2.05, 4.69) is 41.5 Å². The van der Waals surface area contributed by atoms with Crippen molar-refractivity contribution in [3.8, 4) is 28.6 Å². The molecule has 0 saturated heterocycles. The molecule has 10 nitrogen and oxygen atoms in total. The first kappa shape index (κ1) is 22.7. The molecule has 182 valence electrons. The van der Waals surface area contributed by atoms with Crippen LogP contribution in [0.1, 0.15) is 24.2 Å². The molecule has 2 N–H and O–H groups in total. The number of aromatic amines is 1. The van der Waals surface area contributed by atoms with Crippen LogP contribution in [0.4, 0.5) is 4.79 Å². The van der Waals surface area contributed by atoms with Gasteiger partial charge in [0.05, 0.1) is 11.0 Å². The van der Waals surface area contributed by atoms with Gasteiger partial charge < -0.3 is 14.3 Å². The number of halogens is 2. The van der Waals surface area contributed by atoms with E-state index < -0.39 is 6.16 Å². The molecule has 6 rings (SSSR count). The van der Waals surface area contributed by atoms with E-state index in [0.29, 0.717) is 35.5 Å². The summed E-state index contributed by atoms with van der Waals surface area (Å²) in [5.74, 6) is 2.45. The van der Waals surface area contributed by atoms with Gasteiger partial charge in [-0.25, -0.2) is 14.9 Å². The van der Waals surface area contributed by atoms with Gasteiger partial charge in [-0.05, 0) is 62.8 Å². The summed E-state index contributed by atoms with van der Waals surface area (Å²) in [7, 11) is 0. The van der Waals surface area contributed by atoms with Crippen molar-refractivity contribution >= 4 is 44.7 Å². The molecular formula is C24H18BrClN6O4. The third-order valence-electron chi connectivity index (χ3n) is 6.12. The van der Waals surface area contributed by atoms with Crippen molar-refractivity contribution < 1.29 is 19.1 Å². The summed E-state index contributed by atoms with van der Waals surface area (Å²) in [6.45, 7) is 0.341. The second-order valence-electron chi connectivity index (χ2n) is 8.60. The van der Waals surface area contributed by atoms with Crippen LogP contribution in [0.5, 0.6) is 5.88 Å². The Hall–Kier alpha value is -3.70. The van der Waals surface area contributed by atoms with Gasteiger partial charge in [0.1, 0.15) is 17.2 Å². The van der Waals surface area contributed by atoms with Crippen molar-refractivity contribution in [1.29, 1.82) is 0 Å². The molecule has 0 spiro atoms. The number of tetrazole rings is 1. The number of benzene rings is 2. The Bertz CT molecular complexity index is 1590. The molecule has 1 saturated carbocycles. The fourth-order valence-electron chi connectivity index (χ4n) is 4.26. The van der Waals surface area contributed by atoms with Crippen LogP contribution in [0.3, 0.4) is 0 Å². The molecule has 1 aliphatic rings. The number of rotatable bonds is 7. The van der Waals surface area contributed by atoms with Crippen LogP contribution in [-0.2, 0) is 13.0 Å². The van der Waals surface area contributed by atoms with E-state index in [1.165, 1.54) is 0 Å². The summed E-state index contributed by atoms with van der Waals surface area (Å²) in [6, 6.07) is 13.5. The lowest BCUT2D eigenvalue weighted by Gasteiger charge is -2.11. The molecule has 1 fully saturated rings. The molecule has 2 aromatic carbocycles. The lowest BCUT2D eigenvalue weighted by Crippen LogP contribution is -2.12. The Morgan fingerprint density at radius 1 is 1.25 bits per heavy atom. The molecule has 12 heteroatoms. The van der Waals surface area contributed by atoms with E-state index in [0.717, 1.165) is 45.8 Å². The van der Waals surface area contributed by atoms with Gasteiger partial charge in [0.2, 0.25) is 5.88 Å². The largest absolute Gasteiger partial charge is 0.512 e. The van der Waals surface area contributed by atoms with Crippen LogP contribution in [-0.4, -0.2) is 41.4 Å². The zero-order valence-electron chi connectivity index (χ0n) is 18.6. The van der Waals surface area contributed by atoms with E-state index in [1.54, 1.807) is 4.57 Å². The van der Waals surface area contributed by atoms with Crippen molar-refractivity contribution in [2.45, 2.75) is 25.8 Å². The van der Waals surface area contributed by atoms with Crippen LogP contribution in [0.25, 0.3) is 33.7 Å². The molecule has 0 atom stereocenters. The molecule has 0 unspecified atom stereocenters. The maximum Gasteiger partial charge on any atom is 0.512 e. The third-order valence-corrected chi connectivity index (χ3v) is 7.15. The zero-order valence-corrected chi connectivity index (χ0v) is 21.0. The summed E-state index contributed by atoms with van der Waals surface area (Å²) >= 11 is 9.97. The summed E-state index contributed by atoms with van der Waals surface area (Å²) in [4.78, 5) is 15.7. The Morgan fingerprint density at radius 2 is 2.06 bits per heavy atom. The van der Waals surface area contributed by atoms with Gasteiger partial charge in [-0.15, -0.1) is 5.10 Å². The van der Waals surface area contributed by atoms with Gasteiger partial charge in [-0.1, -0.05) is 41.9 Å². The normalized spacial score (nSPS) is 13.4. The van der Waals surface area contributed by atoms with Gasteiger partial charge in [0.25, 0.3) is 0 Å². The number of nitrogens with zero attached hydrogens (tertiary/aromatic N) is 5. The van der Waals surface area contributed by atoms with E-state index in [-0.39, 0.29) is 11.0 Å². The smallest absolute Gasteiger partial charge is 0.455 e. The first-order valence-corrected chi connectivity index (χ1v) is 12.3. The predicted octanol–water partition coefficient (Wildman–Crippen LogP) is 5.95. The molecule has 0 radical (unpaired) electrons. The number of imidazole rings is 1. The molecule has 0 aliphatic heterocycles. The van der Waals surface area contributed by atoms with Crippen molar-refractivity contribution in [1.82, 2.24) is 30.2 Å². The SMILES string of the molecule is O=C(O)Oc1c(Cl)nc(CC2CC2)n1Cc1ccc2oc(-c3ccccc3-c3nnn[nH]3)c(Br)c2c1. The first-order valence-electron chi connectivity index (χ1n) is 11.2. The summed E-state index contributed by atoms with van der Waals surface area (Å²) in [5, 5.41) is 24.3. The van der Waals surface area contributed by atoms with E-state index in [1.807, 2.05) is 42.5 Å². The number of furan rings is 1. The number of ether oxygens (including phenoxy) is 1. The van der Waals surface area contributed by atoms with Gasteiger partial charge in [0, 0.05) is 22.9 Å². The van der Waals surface area contributed by atoms with Crippen LogP contribution < -0.4 is 4.74 Å². The van der Waals surface area contributed by atoms with E-state index in [4.69, 9.17) is 20.8 Å². The Balaban J connectivity index is 1.40. The molecule has 3 heterocycles. The fourth-order valence-corrected chi connectivity index (χ4v) is 5.10. The van der Waals surface area contributed by atoms with Crippen molar-refractivity contribution in [2.75, 3.05) is 0 Å². The van der Waals surface area contributed by atoms with Gasteiger partial charge in [0.15, 0.2) is 11.0 Å². The summed E-state index contributed by atoms with van der Waals surface area (Å²) < 4.78 is 13.7. The van der Waals surface area contributed by atoms with Crippen LogP contribution in [0.15, 0.2) is 51.4 Å². The minimum absolute atomic E-state index is 0.0291. The lowest BCUT2D eigenvalue weighted by atomic mass is 10.0. The molecule has 5 aromatic rings. The van der Waals surface area contributed by atoms with Crippen LogP contribution >= 0.6 is 27.5 Å². The van der Waals surface area contributed by atoms with Gasteiger partial charge in [-0.2, -0.15) is 0 Å². The Kier molecular flexibility index (Phi) is 5.73. The lowest BCUT2D eigenvalue weighted by molar-refractivity contribution is 0.140. The molecule has 36 heavy (non-hydrogen) atoms. The van der Waals surface area contributed by atoms with Gasteiger partial charge in [-0.3, -0.25) is 4.57 Å². The minimum atomic E-state index is -1.44. The van der Waals surface area contributed by atoms with Crippen LogP contribution in [0, 0.1) is 5.92 Å². The average molecular weight is 570 g/mol. The van der Waals surface area contributed by atoms with E-state index in [9.17, 15) is 9.90 Å². The molecular weight excluding hydrogens is 552 g/mol. The summed E-state index contributed by atoms with van der Waals surface area (Å²) in [5.41, 5.74) is 3.22. The standard InChI is InChI=1S/C24H18BrClN6O4/c25-19-16-9-13(11-32-18(10-12-5-6-12)27-21(26)23(32)36-24(33)34)7-8-17(16)35-20(19)14-3-1-2-4-15(14)22-28-30-31-29-22/h1-4,7-9,12H,5-6,10-11H2,(H,33,34)(H,28,29,30,31). The zero-order chi connectivity index (χ0) is 24.8. The number of H-pyrrole nitrogens is 1. The number of carboxylic acid groups (broad SMARTS) is 1.